The maximum Gasteiger partial charge on any atom is 0.0266 e. The van der Waals surface area contributed by atoms with E-state index in [2.05, 4.69) is 0 Å². The second-order valence-corrected chi connectivity index (χ2v) is 14.5. The van der Waals surface area contributed by atoms with Gasteiger partial charge in [-0.2, -0.15) is 0 Å². The van der Waals surface area contributed by atoms with Crippen LogP contribution in [0.5, 0.6) is 0 Å². The number of hydrogen-bond acceptors (Lipinski definition) is 0. The molecule has 2 atom stereocenters. The van der Waals surface area contributed by atoms with Crippen LogP contribution in [0.4, 0.5) is 0 Å². The summed E-state index contributed by atoms with van der Waals surface area (Å²) < 4.78 is 0. The maximum absolute atomic E-state index is 6.20. The summed E-state index contributed by atoms with van der Waals surface area (Å²) in [7, 11) is -0.0635. The third-order valence-electron chi connectivity index (χ3n) is 4.46. The van der Waals surface area contributed by atoms with Crippen molar-refractivity contribution in [3.05, 3.63) is 0 Å². The van der Waals surface area contributed by atoms with E-state index in [-0.39, 0.29) is 15.2 Å². The fraction of sp³-hybridized carbons (Fsp3) is 1.00. The van der Waals surface area contributed by atoms with Gasteiger partial charge in [0.05, 0.1) is 0 Å². The van der Waals surface area contributed by atoms with E-state index in [1.54, 1.807) is 0 Å². The van der Waals surface area contributed by atoms with Crippen LogP contribution in [-0.2, 0) is 0 Å². The predicted octanol–water partition coefficient (Wildman–Crippen LogP) is 7.30. The first kappa shape index (κ1) is 21.1. The van der Waals surface area contributed by atoms with Crippen LogP contribution in [0.2, 0.25) is 0 Å². The van der Waals surface area contributed by atoms with Gasteiger partial charge in [-0.3, -0.25) is 0 Å². The third-order valence-corrected chi connectivity index (χ3v) is 15.5. The first-order chi connectivity index (χ1) is 10.2. The highest BCUT2D eigenvalue weighted by Crippen LogP contribution is 2.78. The minimum Gasteiger partial charge on any atom is -0.127 e. The first-order valence-corrected chi connectivity index (χ1v) is 14.1. The normalized spacial score (nSPS) is 26.9. The molecular weight excluding hydrogens is 384 g/mol. The maximum atomic E-state index is 6.20. The van der Waals surface area contributed by atoms with Crippen molar-refractivity contribution in [1.82, 2.24) is 0 Å². The standard InChI is InChI=1S/C15H28Cl4P2/c16-8-6-15(7-9-17)5-3-1-2-4-12-20(13-10-18)21(15)14-11-19/h1-14H2. The zero-order valence-electron chi connectivity index (χ0n) is 12.8. The minimum atomic E-state index is -0.0818. The Labute approximate surface area is 153 Å². The molecule has 0 bridgehead atoms. The van der Waals surface area contributed by atoms with E-state index in [1.165, 1.54) is 50.6 Å². The molecular formula is C15H28Cl4P2. The smallest absolute Gasteiger partial charge is 0.0266 e. The predicted molar refractivity (Wildman–Crippen MR) is 106 cm³/mol. The van der Waals surface area contributed by atoms with Crippen molar-refractivity contribution in [2.75, 3.05) is 42.0 Å². The molecule has 0 nitrogen and oxygen atoms in total. The summed E-state index contributed by atoms with van der Waals surface area (Å²) in [5, 5.41) is 0.371. The zero-order chi connectivity index (χ0) is 15.6. The summed E-state index contributed by atoms with van der Waals surface area (Å²) in [6, 6.07) is 0. The molecule has 0 saturated carbocycles. The Kier molecular flexibility index (Phi) is 12.4. The molecule has 0 spiro atoms. The lowest BCUT2D eigenvalue weighted by Gasteiger charge is -2.45. The molecule has 0 aromatic rings. The quantitative estimate of drug-likeness (QED) is 0.290. The molecule has 0 amide bonds. The lowest BCUT2D eigenvalue weighted by atomic mass is 9.94. The molecule has 0 aromatic heterocycles. The van der Waals surface area contributed by atoms with Crippen LogP contribution in [-0.4, -0.2) is 47.2 Å². The van der Waals surface area contributed by atoms with Gasteiger partial charge in [-0.05, 0) is 49.3 Å². The van der Waals surface area contributed by atoms with E-state index in [4.69, 9.17) is 46.4 Å². The summed E-state index contributed by atoms with van der Waals surface area (Å²) in [6.45, 7) is 0. The fourth-order valence-electron chi connectivity index (χ4n) is 3.43. The molecule has 21 heavy (non-hydrogen) atoms. The Morgan fingerprint density at radius 2 is 1.33 bits per heavy atom. The van der Waals surface area contributed by atoms with Crippen LogP contribution in [0, 0.1) is 0 Å². The van der Waals surface area contributed by atoms with Crippen molar-refractivity contribution in [2.45, 2.75) is 50.1 Å². The van der Waals surface area contributed by atoms with Crippen LogP contribution in [0.1, 0.15) is 44.9 Å². The molecule has 1 fully saturated rings. The van der Waals surface area contributed by atoms with Crippen LogP contribution in [0.25, 0.3) is 0 Å². The Balaban J connectivity index is 3.05. The second-order valence-electron chi connectivity index (χ2n) is 5.72. The second kappa shape index (κ2) is 12.4. The van der Waals surface area contributed by atoms with Gasteiger partial charge in [0.1, 0.15) is 0 Å². The molecule has 0 N–H and O–H groups in total. The molecule has 0 aliphatic carbocycles. The zero-order valence-corrected chi connectivity index (χ0v) is 17.6. The number of hydrogen-bond donors (Lipinski definition) is 0. The van der Waals surface area contributed by atoms with E-state index >= 15 is 0 Å². The van der Waals surface area contributed by atoms with Crippen LogP contribution < -0.4 is 0 Å². The molecule has 0 aromatic carbocycles. The molecule has 1 aliphatic heterocycles. The van der Waals surface area contributed by atoms with Gasteiger partial charge >= 0.3 is 0 Å². The van der Waals surface area contributed by atoms with E-state index in [9.17, 15) is 0 Å². The lowest BCUT2D eigenvalue weighted by molar-refractivity contribution is 0.473. The van der Waals surface area contributed by atoms with E-state index < -0.39 is 0 Å². The van der Waals surface area contributed by atoms with Gasteiger partial charge in [0.15, 0.2) is 0 Å². The summed E-state index contributed by atoms with van der Waals surface area (Å²) in [5.74, 6) is 3.08. The molecule has 126 valence electrons. The Morgan fingerprint density at radius 3 is 1.90 bits per heavy atom. The molecule has 1 rings (SSSR count). The van der Waals surface area contributed by atoms with Crippen LogP contribution >= 0.6 is 61.6 Å². The summed E-state index contributed by atoms with van der Waals surface area (Å²) in [6.07, 6.45) is 12.7. The lowest BCUT2D eigenvalue weighted by Crippen LogP contribution is -2.29. The Hall–Kier alpha value is 2.02. The largest absolute Gasteiger partial charge is 0.127 e. The highest BCUT2D eigenvalue weighted by Gasteiger charge is 2.40. The molecule has 6 heteroatoms. The van der Waals surface area contributed by atoms with Gasteiger partial charge in [-0.1, -0.05) is 34.5 Å². The highest BCUT2D eigenvalue weighted by molar-refractivity contribution is 8.30. The summed E-state index contributed by atoms with van der Waals surface area (Å²) in [4.78, 5) is 0. The summed E-state index contributed by atoms with van der Waals surface area (Å²) in [5.41, 5.74) is 0. The van der Waals surface area contributed by atoms with E-state index in [0.29, 0.717) is 5.16 Å². The van der Waals surface area contributed by atoms with Gasteiger partial charge in [-0.15, -0.1) is 46.4 Å². The van der Waals surface area contributed by atoms with Crippen molar-refractivity contribution >= 4 is 61.6 Å². The Morgan fingerprint density at radius 1 is 0.714 bits per heavy atom. The number of rotatable bonds is 8. The third kappa shape index (κ3) is 6.80. The van der Waals surface area contributed by atoms with Crippen molar-refractivity contribution in [1.29, 1.82) is 0 Å². The van der Waals surface area contributed by atoms with E-state index in [1.807, 2.05) is 0 Å². The molecule has 0 radical (unpaired) electrons. The van der Waals surface area contributed by atoms with Crippen molar-refractivity contribution in [3.8, 4) is 0 Å². The average molecular weight is 412 g/mol. The van der Waals surface area contributed by atoms with Gasteiger partial charge in [0.2, 0.25) is 0 Å². The monoisotopic (exact) mass is 410 g/mol. The topological polar surface area (TPSA) is 0 Å². The highest BCUT2D eigenvalue weighted by atomic mass is 35.5. The summed E-state index contributed by atoms with van der Waals surface area (Å²) >= 11 is 24.7. The number of halogens is 4. The van der Waals surface area contributed by atoms with Crippen molar-refractivity contribution in [2.24, 2.45) is 0 Å². The average Bonchev–Trinajstić information content (AvgIpc) is 2.54. The van der Waals surface area contributed by atoms with Gasteiger partial charge in [-0.25, -0.2) is 0 Å². The molecule has 2 unspecified atom stereocenters. The van der Waals surface area contributed by atoms with Gasteiger partial charge < -0.3 is 0 Å². The fourth-order valence-corrected chi connectivity index (χ4v) is 16.4. The Bertz CT molecular complexity index is 260. The van der Waals surface area contributed by atoms with Crippen molar-refractivity contribution in [3.63, 3.8) is 0 Å². The van der Waals surface area contributed by atoms with Gasteiger partial charge in [0, 0.05) is 23.5 Å². The molecule has 1 aliphatic rings. The molecule has 1 heterocycles. The number of alkyl halides is 4. The minimum absolute atomic E-state index is 0.0183. The van der Waals surface area contributed by atoms with Crippen LogP contribution in [0.15, 0.2) is 0 Å². The van der Waals surface area contributed by atoms with Gasteiger partial charge in [0.25, 0.3) is 0 Å². The SMILES string of the molecule is ClCCP1CCCCCCC(CCCl)(CCCl)P1CCCl. The van der Waals surface area contributed by atoms with Crippen LogP contribution in [0.3, 0.4) is 0 Å². The van der Waals surface area contributed by atoms with Crippen molar-refractivity contribution < 1.29 is 0 Å². The first-order valence-electron chi connectivity index (χ1n) is 8.00. The van der Waals surface area contributed by atoms with E-state index in [0.717, 1.165) is 36.4 Å². The molecule has 1 saturated heterocycles.